The Morgan fingerprint density at radius 1 is 0.946 bits per heavy atom. The second-order valence-corrected chi connectivity index (χ2v) is 9.96. The molecule has 0 aliphatic carbocycles. The Labute approximate surface area is 218 Å². The maximum atomic E-state index is 13.5. The highest BCUT2D eigenvalue weighted by Gasteiger charge is 2.29. The van der Waals surface area contributed by atoms with E-state index in [1.165, 1.54) is 24.3 Å². The van der Waals surface area contributed by atoms with Gasteiger partial charge in [0, 0.05) is 51.7 Å². The Morgan fingerprint density at radius 3 is 2.14 bits per heavy atom. The maximum absolute atomic E-state index is 13.5. The van der Waals surface area contributed by atoms with Crippen molar-refractivity contribution in [2.24, 2.45) is 0 Å². The van der Waals surface area contributed by atoms with Gasteiger partial charge >= 0.3 is 6.09 Å². The highest BCUT2D eigenvalue weighted by Crippen LogP contribution is 2.26. The van der Waals surface area contributed by atoms with Gasteiger partial charge in [-0.3, -0.25) is 4.79 Å². The summed E-state index contributed by atoms with van der Waals surface area (Å²) in [5.41, 5.74) is 1.62. The first-order chi connectivity index (χ1) is 17.9. The molecule has 0 bridgehead atoms. The van der Waals surface area contributed by atoms with Crippen LogP contribution >= 0.6 is 0 Å². The van der Waals surface area contributed by atoms with E-state index >= 15 is 0 Å². The van der Waals surface area contributed by atoms with Crippen molar-refractivity contribution in [3.8, 4) is 0 Å². The molecule has 2 aliphatic heterocycles. The van der Waals surface area contributed by atoms with E-state index in [1.807, 2.05) is 11.8 Å². The molecule has 2 heterocycles. The second-order valence-electron chi connectivity index (χ2n) is 9.96. The van der Waals surface area contributed by atoms with Crippen molar-refractivity contribution < 1.29 is 23.1 Å². The summed E-state index contributed by atoms with van der Waals surface area (Å²) in [6.45, 7) is 6.52. The fraction of sp³-hybridized carbons (Fsp3) is 0.517. The van der Waals surface area contributed by atoms with Crippen LogP contribution in [0.1, 0.15) is 56.3 Å². The summed E-state index contributed by atoms with van der Waals surface area (Å²) in [7, 11) is 0. The largest absolute Gasteiger partial charge is 0.441 e. The maximum Gasteiger partial charge on any atom is 0.410 e. The lowest BCUT2D eigenvalue weighted by molar-refractivity contribution is -0.133. The molecular formula is C29H37F2N3O3. The molecule has 0 aromatic heterocycles. The highest BCUT2D eigenvalue weighted by molar-refractivity contribution is 5.79. The van der Waals surface area contributed by atoms with E-state index in [4.69, 9.17) is 4.74 Å². The molecule has 0 spiro atoms. The minimum atomic E-state index is -0.434. The van der Waals surface area contributed by atoms with Crippen molar-refractivity contribution >= 4 is 12.0 Å². The molecule has 2 aliphatic rings. The molecule has 8 heteroatoms. The van der Waals surface area contributed by atoms with Crippen LogP contribution in [0.4, 0.5) is 13.6 Å². The predicted molar refractivity (Wildman–Crippen MR) is 138 cm³/mol. The molecule has 0 radical (unpaired) electrons. The van der Waals surface area contributed by atoms with E-state index in [2.05, 4.69) is 4.90 Å². The SMILES string of the molecule is CCN(C(=O)Cc1ccc(F)cc1)C1CCN(CCC(OC(=O)N2CCCC2)c2ccc(F)cc2)CC1. The number of halogens is 2. The van der Waals surface area contributed by atoms with Crippen molar-refractivity contribution in [1.29, 1.82) is 0 Å². The second kappa shape index (κ2) is 13.0. The van der Waals surface area contributed by atoms with E-state index in [-0.39, 0.29) is 36.1 Å². The first kappa shape index (κ1) is 27.0. The van der Waals surface area contributed by atoms with Crippen molar-refractivity contribution in [2.45, 2.75) is 57.6 Å². The molecule has 2 amide bonds. The molecule has 0 saturated carbocycles. The van der Waals surface area contributed by atoms with Crippen LogP contribution in [0.15, 0.2) is 48.5 Å². The van der Waals surface area contributed by atoms with Gasteiger partial charge in [-0.25, -0.2) is 13.6 Å². The number of likely N-dealkylation sites (N-methyl/N-ethyl adjacent to an activating group) is 1. The van der Waals surface area contributed by atoms with Crippen LogP contribution in [-0.2, 0) is 16.0 Å². The Hall–Kier alpha value is -3.00. The number of nitrogens with zero attached hydrogens (tertiary/aromatic N) is 3. The van der Waals surface area contributed by atoms with Gasteiger partial charge in [-0.1, -0.05) is 24.3 Å². The summed E-state index contributed by atoms with van der Waals surface area (Å²) >= 11 is 0. The number of hydrogen-bond donors (Lipinski definition) is 0. The minimum absolute atomic E-state index is 0.0674. The van der Waals surface area contributed by atoms with Gasteiger partial charge in [-0.15, -0.1) is 0 Å². The lowest BCUT2D eigenvalue weighted by Crippen LogP contribution is -2.48. The van der Waals surface area contributed by atoms with Crippen molar-refractivity contribution in [1.82, 2.24) is 14.7 Å². The number of ether oxygens (including phenoxy) is 1. The molecule has 0 N–H and O–H groups in total. The number of hydrogen-bond acceptors (Lipinski definition) is 4. The topological polar surface area (TPSA) is 53.1 Å². The Balaban J connectivity index is 1.29. The number of amides is 2. The standard InChI is InChI=1S/C29H37F2N3O3/c1-2-34(28(35)21-22-5-9-24(30)10-6-22)26-13-18-32(19-14-26)20-15-27(23-7-11-25(31)12-8-23)37-29(36)33-16-3-4-17-33/h5-12,26-27H,2-4,13-21H2,1H3. The third-order valence-corrected chi connectivity index (χ3v) is 7.48. The average Bonchev–Trinajstić information content (AvgIpc) is 3.45. The van der Waals surface area contributed by atoms with Crippen LogP contribution < -0.4 is 0 Å². The third-order valence-electron chi connectivity index (χ3n) is 7.48. The smallest absolute Gasteiger partial charge is 0.410 e. The monoisotopic (exact) mass is 513 g/mol. The Kier molecular flexibility index (Phi) is 9.50. The summed E-state index contributed by atoms with van der Waals surface area (Å²) in [5.74, 6) is -0.550. The predicted octanol–water partition coefficient (Wildman–Crippen LogP) is 5.18. The molecule has 1 atom stereocenters. The summed E-state index contributed by atoms with van der Waals surface area (Å²) < 4.78 is 32.6. The average molecular weight is 514 g/mol. The zero-order chi connectivity index (χ0) is 26.2. The van der Waals surface area contributed by atoms with Gasteiger partial charge in [-0.05, 0) is 68.0 Å². The molecule has 2 aromatic carbocycles. The molecule has 2 saturated heterocycles. The van der Waals surface area contributed by atoms with Gasteiger partial charge in [0.05, 0.1) is 6.42 Å². The first-order valence-electron chi connectivity index (χ1n) is 13.4. The van der Waals surface area contributed by atoms with Crippen LogP contribution in [0, 0.1) is 11.6 Å². The van der Waals surface area contributed by atoms with Gasteiger partial charge in [0.2, 0.25) is 5.91 Å². The fourth-order valence-electron chi connectivity index (χ4n) is 5.34. The number of piperidine rings is 1. The Bertz CT molecular complexity index is 1020. The van der Waals surface area contributed by atoms with E-state index < -0.39 is 6.10 Å². The first-order valence-corrected chi connectivity index (χ1v) is 13.4. The molecule has 37 heavy (non-hydrogen) atoms. The summed E-state index contributed by atoms with van der Waals surface area (Å²) in [6.07, 6.45) is 3.89. The number of carbonyl (C=O) groups is 2. The van der Waals surface area contributed by atoms with Crippen molar-refractivity contribution in [3.05, 3.63) is 71.3 Å². The summed E-state index contributed by atoms with van der Waals surface area (Å²) in [5, 5.41) is 0. The third kappa shape index (κ3) is 7.51. The van der Waals surface area contributed by atoms with Gasteiger partial charge in [0.15, 0.2) is 0 Å². The van der Waals surface area contributed by atoms with Gasteiger partial charge in [0.25, 0.3) is 0 Å². The molecule has 1 unspecified atom stereocenters. The number of carbonyl (C=O) groups excluding carboxylic acids is 2. The number of likely N-dealkylation sites (tertiary alicyclic amines) is 2. The summed E-state index contributed by atoms with van der Waals surface area (Å²) in [4.78, 5) is 31.7. The zero-order valence-electron chi connectivity index (χ0n) is 21.6. The van der Waals surface area contributed by atoms with Gasteiger partial charge in [-0.2, -0.15) is 0 Å². The van der Waals surface area contributed by atoms with Crippen LogP contribution in [-0.4, -0.2) is 72.0 Å². The fourth-order valence-corrected chi connectivity index (χ4v) is 5.34. The number of benzene rings is 2. The lowest BCUT2D eigenvalue weighted by atomic mass is 10.0. The molecule has 4 rings (SSSR count). The van der Waals surface area contributed by atoms with Gasteiger partial charge in [0.1, 0.15) is 17.7 Å². The van der Waals surface area contributed by atoms with E-state index in [0.29, 0.717) is 13.0 Å². The van der Waals surface area contributed by atoms with Crippen LogP contribution in [0.2, 0.25) is 0 Å². The Morgan fingerprint density at radius 2 is 1.54 bits per heavy atom. The van der Waals surface area contributed by atoms with Crippen LogP contribution in [0.3, 0.4) is 0 Å². The van der Waals surface area contributed by atoms with E-state index in [1.54, 1.807) is 29.2 Å². The van der Waals surface area contributed by atoms with E-state index in [9.17, 15) is 18.4 Å². The van der Waals surface area contributed by atoms with Crippen LogP contribution in [0.5, 0.6) is 0 Å². The van der Waals surface area contributed by atoms with Crippen molar-refractivity contribution in [3.63, 3.8) is 0 Å². The quantitative estimate of drug-likeness (QED) is 0.464. The molecule has 6 nitrogen and oxygen atoms in total. The van der Waals surface area contributed by atoms with E-state index in [0.717, 1.165) is 69.5 Å². The molecule has 200 valence electrons. The summed E-state index contributed by atoms with van der Waals surface area (Å²) in [6, 6.07) is 12.5. The van der Waals surface area contributed by atoms with Crippen molar-refractivity contribution in [2.75, 3.05) is 39.3 Å². The molecule has 2 aromatic rings. The zero-order valence-corrected chi connectivity index (χ0v) is 21.6. The lowest BCUT2D eigenvalue weighted by Gasteiger charge is -2.38. The minimum Gasteiger partial charge on any atom is -0.441 e. The van der Waals surface area contributed by atoms with Gasteiger partial charge < -0.3 is 19.4 Å². The highest BCUT2D eigenvalue weighted by atomic mass is 19.1. The van der Waals surface area contributed by atoms with Crippen LogP contribution in [0.25, 0.3) is 0 Å². The number of rotatable bonds is 9. The molecular weight excluding hydrogens is 476 g/mol. The normalized spacial score (nSPS) is 17.5. The molecule has 2 fully saturated rings.